The van der Waals surface area contributed by atoms with Gasteiger partial charge in [0.05, 0.1) is 24.4 Å². The van der Waals surface area contributed by atoms with Gasteiger partial charge in [-0.15, -0.1) is 17.8 Å². The van der Waals surface area contributed by atoms with Crippen molar-refractivity contribution in [2.24, 2.45) is 0 Å². The van der Waals surface area contributed by atoms with E-state index in [0.29, 0.717) is 12.1 Å². The maximum atomic E-state index is 12.7. The number of esters is 1. The standard InChI is InChI=1S/C17H21N3O5S/c1-4-7-18-16(23)17(5-2,8-11-9-26-10-19-11)20-14(21)12-13(25-12)15(22)24-6-3/h1,9-10,12-13H,5-8H2,2-3H3,(H,18,23)(H,20,21). The molecule has 26 heavy (non-hydrogen) atoms. The summed E-state index contributed by atoms with van der Waals surface area (Å²) in [5, 5.41) is 7.14. The summed E-state index contributed by atoms with van der Waals surface area (Å²) in [5.74, 6) is 0.787. The second kappa shape index (κ2) is 8.78. The average Bonchev–Trinajstić information content (AvgIpc) is 3.29. The zero-order chi connectivity index (χ0) is 19.2. The molecule has 3 atom stereocenters. The number of carbonyl (C=O) groups is 3. The topological polar surface area (TPSA) is 110 Å². The number of carbonyl (C=O) groups excluding carboxylic acids is 3. The molecule has 1 saturated heterocycles. The van der Waals surface area contributed by atoms with E-state index in [0.717, 1.165) is 0 Å². The third-order valence-electron chi connectivity index (χ3n) is 3.99. The largest absolute Gasteiger partial charge is 0.464 e. The number of thiazole rings is 1. The van der Waals surface area contributed by atoms with Crippen LogP contribution in [0.1, 0.15) is 26.0 Å². The molecule has 3 unspecified atom stereocenters. The van der Waals surface area contributed by atoms with Gasteiger partial charge in [-0.25, -0.2) is 9.78 Å². The van der Waals surface area contributed by atoms with Crippen LogP contribution < -0.4 is 10.6 Å². The Labute approximate surface area is 155 Å². The Morgan fingerprint density at radius 3 is 2.77 bits per heavy atom. The molecule has 140 valence electrons. The van der Waals surface area contributed by atoms with Gasteiger partial charge >= 0.3 is 5.97 Å². The first-order valence-corrected chi connectivity index (χ1v) is 9.14. The summed E-state index contributed by atoms with van der Waals surface area (Å²) in [4.78, 5) is 41.1. The smallest absolute Gasteiger partial charge is 0.338 e. The van der Waals surface area contributed by atoms with E-state index in [1.165, 1.54) is 11.3 Å². The second-order valence-electron chi connectivity index (χ2n) is 5.70. The zero-order valence-corrected chi connectivity index (χ0v) is 15.4. The molecule has 9 heteroatoms. The monoisotopic (exact) mass is 379 g/mol. The van der Waals surface area contributed by atoms with E-state index in [9.17, 15) is 14.4 Å². The number of rotatable bonds is 9. The molecule has 1 aliphatic heterocycles. The molecule has 2 N–H and O–H groups in total. The van der Waals surface area contributed by atoms with E-state index in [4.69, 9.17) is 15.9 Å². The van der Waals surface area contributed by atoms with Gasteiger partial charge in [-0.05, 0) is 13.3 Å². The summed E-state index contributed by atoms with van der Waals surface area (Å²) in [6.07, 6.45) is 3.82. The number of terminal acetylenes is 1. The number of hydrogen-bond donors (Lipinski definition) is 2. The predicted octanol–water partition coefficient (Wildman–Crippen LogP) is 0.0305. The number of ether oxygens (including phenoxy) is 2. The maximum absolute atomic E-state index is 12.7. The van der Waals surface area contributed by atoms with Crippen LogP contribution in [0.2, 0.25) is 0 Å². The van der Waals surface area contributed by atoms with Crippen molar-refractivity contribution in [2.75, 3.05) is 13.2 Å². The van der Waals surface area contributed by atoms with Gasteiger partial charge in [-0.1, -0.05) is 12.8 Å². The quantitative estimate of drug-likeness (QED) is 0.356. The zero-order valence-electron chi connectivity index (χ0n) is 14.6. The molecule has 1 aromatic rings. The minimum absolute atomic E-state index is 0.0406. The van der Waals surface area contributed by atoms with E-state index in [1.54, 1.807) is 24.7 Å². The van der Waals surface area contributed by atoms with Gasteiger partial charge in [0.2, 0.25) is 5.91 Å². The van der Waals surface area contributed by atoms with Crippen LogP contribution in [-0.4, -0.2) is 53.7 Å². The molecule has 8 nitrogen and oxygen atoms in total. The number of nitrogens with one attached hydrogen (secondary N) is 2. The van der Waals surface area contributed by atoms with Gasteiger partial charge in [0.25, 0.3) is 5.91 Å². The molecule has 0 aromatic carbocycles. The third kappa shape index (κ3) is 4.59. The van der Waals surface area contributed by atoms with Crippen molar-refractivity contribution in [2.45, 2.75) is 44.4 Å². The number of epoxide rings is 1. The fourth-order valence-corrected chi connectivity index (χ4v) is 3.07. The lowest BCUT2D eigenvalue weighted by molar-refractivity contribution is -0.144. The van der Waals surface area contributed by atoms with Crippen molar-refractivity contribution < 1.29 is 23.9 Å². The maximum Gasteiger partial charge on any atom is 0.338 e. The summed E-state index contributed by atoms with van der Waals surface area (Å²) < 4.78 is 9.95. The highest BCUT2D eigenvalue weighted by Crippen LogP contribution is 2.26. The van der Waals surface area contributed by atoms with E-state index < -0.39 is 35.5 Å². The Morgan fingerprint density at radius 2 is 2.19 bits per heavy atom. The summed E-state index contributed by atoms with van der Waals surface area (Å²) in [6.45, 7) is 3.68. The Balaban J connectivity index is 2.13. The van der Waals surface area contributed by atoms with Crippen LogP contribution in [-0.2, 0) is 30.3 Å². The van der Waals surface area contributed by atoms with Crippen molar-refractivity contribution in [3.05, 3.63) is 16.6 Å². The SMILES string of the molecule is C#CCNC(=O)C(CC)(Cc1cscn1)NC(=O)C1OC1C(=O)OCC. The van der Waals surface area contributed by atoms with Crippen molar-refractivity contribution in [1.29, 1.82) is 0 Å². The number of hydrogen-bond acceptors (Lipinski definition) is 7. The summed E-state index contributed by atoms with van der Waals surface area (Å²) in [5.41, 5.74) is 1.08. The van der Waals surface area contributed by atoms with Gasteiger partial charge in [0.1, 0.15) is 5.54 Å². The minimum atomic E-state index is -1.24. The third-order valence-corrected chi connectivity index (χ3v) is 4.62. The van der Waals surface area contributed by atoms with Crippen molar-refractivity contribution >= 4 is 29.1 Å². The van der Waals surface area contributed by atoms with Crippen LogP contribution in [0, 0.1) is 12.3 Å². The lowest BCUT2D eigenvalue weighted by Crippen LogP contribution is -2.61. The van der Waals surface area contributed by atoms with Crippen LogP contribution in [0.15, 0.2) is 10.9 Å². The number of nitrogens with zero attached hydrogens (tertiary/aromatic N) is 1. The fraction of sp³-hybridized carbons (Fsp3) is 0.529. The Bertz CT molecular complexity index is 700. The van der Waals surface area contributed by atoms with Gasteiger partial charge < -0.3 is 20.1 Å². The van der Waals surface area contributed by atoms with E-state index >= 15 is 0 Å². The van der Waals surface area contributed by atoms with Gasteiger partial charge in [-0.3, -0.25) is 9.59 Å². The number of amides is 2. The van der Waals surface area contributed by atoms with Crippen LogP contribution in [0.25, 0.3) is 0 Å². The summed E-state index contributed by atoms with van der Waals surface area (Å²) in [7, 11) is 0. The second-order valence-corrected chi connectivity index (χ2v) is 6.42. The van der Waals surface area contributed by atoms with Crippen molar-refractivity contribution in [1.82, 2.24) is 15.6 Å². The Hall–Kier alpha value is -2.44. The minimum Gasteiger partial charge on any atom is -0.464 e. The van der Waals surface area contributed by atoms with Gasteiger partial charge in [-0.2, -0.15) is 0 Å². The molecule has 0 spiro atoms. The summed E-state index contributed by atoms with van der Waals surface area (Å²) in [6, 6.07) is 0. The lowest BCUT2D eigenvalue weighted by atomic mass is 9.89. The summed E-state index contributed by atoms with van der Waals surface area (Å²) >= 11 is 1.39. The average molecular weight is 379 g/mol. The molecule has 2 amide bonds. The van der Waals surface area contributed by atoms with E-state index in [2.05, 4.69) is 21.5 Å². The molecule has 0 saturated carbocycles. The molecular weight excluding hydrogens is 358 g/mol. The highest BCUT2D eigenvalue weighted by atomic mass is 32.1. The van der Waals surface area contributed by atoms with Crippen LogP contribution in [0.3, 0.4) is 0 Å². The highest BCUT2D eigenvalue weighted by molar-refractivity contribution is 7.07. The van der Waals surface area contributed by atoms with Crippen LogP contribution >= 0.6 is 11.3 Å². The molecule has 1 aliphatic rings. The normalized spacial score (nSPS) is 20.3. The van der Waals surface area contributed by atoms with Crippen molar-refractivity contribution in [3.63, 3.8) is 0 Å². The molecule has 1 fully saturated rings. The highest BCUT2D eigenvalue weighted by Gasteiger charge is 2.53. The van der Waals surface area contributed by atoms with Crippen LogP contribution in [0.5, 0.6) is 0 Å². The molecule has 0 aliphatic carbocycles. The molecule has 1 aromatic heterocycles. The van der Waals surface area contributed by atoms with E-state index in [-0.39, 0.29) is 19.6 Å². The Kier molecular flexibility index (Phi) is 6.71. The first-order valence-electron chi connectivity index (χ1n) is 8.20. The predicted molar refractivity (Wildman–Crippen MR) is 94.1 cm³/mol. The molecule has 0 radical (unpaired) electrons. The first-order chi connectivity index (χ1) is 12.5. The van der Waals surface area contributed by atoms with Gasteiger partial charge in [0.15, 0.2) is 12.2 Å². The first kappa shape index (κ1) is 19.9. The molecule has 2 heterocycles. The van der Waals surface area contributed by atoms with Gasteiger partial charge in [0, 0.05) is 11.8 Å². The molecule has 2 rings (SSSR count). The Morgan fingerprint density at radius 1 is 1.42 bits per heavy atom. The number of aromatic nitrogens is 1. The van der Waals surface area contributed by atoms with Crippen molar-refractivity contribution in [3.8, 4) is 12.3 Å². The molecular formula is C17H21N3O5S. The fourth-order valence-electron chi connectivity index (χ4n) is 2.51. The van der Waals surface area contributed by atoms with E-state index in [1.807, 2.05) is 0 Å². The molecule has 0 bridgehead atoms. The lowest BCUT2D eigenvalue weighted by Gasteiger charge is -2.31. The van der Waals surface area contributed by atoms with Crippen LogP contribution in [0.4, 0.5) is 0 Å².